The van der Waals surface area contributed by atoms with Crippen molar-refractivity contribution < 1.29 is 0 Å². The van der Waals surface area contributed by atoms with E-state index in [1.807, 2.05) is 18.2 Å². The molecule has 0 amide bonds. The average molecular weight is 458 g/mol. The van der Waals surface area contributed by atoms with Gasteiger partial charge >= 0.3 is 0 Å². The first kappa shape index (κ1) is 22.9. The highest BCUT2D eigenvalue weighted by Crippen LogP contribution is 2.45. The summed E-state index contributed by atoms with van der Waals surface area (Å²) in [7, 11) is 0. The molecule has 0 atom stereocenters. The van der Waals surface area contributed by atoms with Gasteiger partial charge in [-0.25, -0.2) is 15.0 Å². The van der Waals surface area contributed by atoms with E-state index in [4.69, 9.17) is 15.0 Å². The van der Waals surface area contributed by atoms with Crippen molar-refractivity contribution in [3.05, 3.63) is 41.0 Å². The first-order valence-corrected chi connectivity index (χ1v) is 12.3. The van der Waals surface area contributed by atoms with Gasteiger partial charge in [0.1, 0.15) is 11.4 Å². The minimum Gasteiger partial charge on any atom is -0.241 e. The molecule has 0 spiro atoms. The normalized spacial score (nSPS) is 21.4. The van der Waals surface area contributed by atoms with Gasteiger partial charge in [0.25, 0.3) is 0 Å². The second-order valence-corrected chi connectivity index (χ2v) is 12.6. The smallest absolute Gasteiger partial charge is 0.200 e. The first-order chi connectivity index (χ1) is 15.8. The van der Waals surface area contributed by atoms with Crippen molar-refractivity contribution in [2.24, 2.45) is 0 Å². The van der Waals surface area contributed by atoms with Crippen LogP contribution in [-0.2, 0) is 21.7 Å². The summed E-state index contributed by atoms with van der Waals surface area (Å²) < 4.78 is 0. The Labute approximate surface area is 202 Å². The van der Waals surface area contributed by atoms with Gasteiger partial charge in [0.2, 0.25) is 11.6 Å². The third-order valence-electron chi connectivity index (χ3n) is 7.89. The lowest BCUT2D eigenvalue weighted by molar-refractivity contribution is 0.310. The molecule has 0 aromatic carbocycles. The number of fused-ring (bicyclic) bond motifs is 2. The Bertz CT molecular complexity index is 1180. The molecule has 2 aliphatic rings. The fourth-order valence-electron chi connectivity index (χ4n) is 5.13. The minimum absolute atomic E-state index is 0.0259. The summed E-state index contributed by atoms with van der Waals surface area (Å²) in [5.41, 5.74) is 5.25. The highest BCUT2D eigenvalue weighted by atomic mass is 15.2. The summed E-state index contributed by atoms with van der Waals surface area (Å²) in [5.74, 6) is 1.08. The van der Waals surface area contributed by atoms with Gasteiger partial charge in [0.05, 0.1) is 22.8 Å². The molecule has 0 aliphatic heterocycles. The molecule has 0 saturated carbocycles. The molecule has 3 aromatic rings. The molecule has 2 aliphatic carbocycles. The van der Waals surface area contributed by atoms with Crippen LogP contribution in [0.4, 0.5) is 0 Å². The van der Waals surface area contributed by atoms with Gasteiger partial charge in [-0.2, -0.15) is 10.2 Å². The van der Waals surface area contributed by atoms with Crippen LogP contribution in [0.1, 0.15) is 104 Å². The lowest BCUT2D eigenvalue weighted by Gasteiger charge is -2.39. The maximum Gasteiger partial charge on any atom is 0.200 e. The van der Waals surface area contributed by atoms with Crippen LogP contribution in [0.2, 0.25) is 0 Å². The van der Waals surface area contributed by atoms with E-state index in [0.717, 1.165) is 48.5 Å². The molecule has 3 heterocycles. The van der Waals surface area contributed by atoms with Crippen LogP contribution in [0.15, 0.2) is 18.2 Å². The van der Waals surface area contributed by atoms with Crippen molar-refractivity contribution in [3.63, 3.8) is 0 Å². The fourth-order valence-corrected chi connectivity index (χ4v) is 5.13. The SMILES string of the molecule is CC1(C)CCC(C)(C)c2nc(-c3cccc(-c4nnc5c(n4)C(C)(C)CCC5(C)C)n3)nnc21. The number of aromatic nitrogens is 7. The van der Waals surface area contributed by atoms with Crippen LogP contribution >= 0.6 is 0 Å². The molecule has 3 aromatic heterocycles. The second-order valence-electron chi connectivity index (χ2n) is 12.6. The van der Waals surface area contributed by atoms with Crippen LogP contribution in [0.3, 0.4) is 0 Å². The molecule has 0 N–H and O–H groups in total. The molecule has 178 valence electrons. The monoisotopic (exact) mass is 457 g/mol. The lowest BCUT2D eigenvalue weighted by atomic mass is 9.67. The third-order valence-corrected chi connectivity index (χ3v) is 7.89. The van der Waals surface area contributed by atoms with Crippen LogP contribution in [0.5, 0.6) is 0 Å². The van der Waals surface area contributed by atoms with Crippen molar-refractivity contribution in [1.29, 1.82) is 0 Å². The Kier molecular flexibility index (Phi) is 4.95. The van der Waals surface area contributed by atoms with Gasteiger partial charge < -0.3 is 0 Å². The molecular weight excluding hydrogens is 422 g/mol. The van der Waals surface area contributed by atoms with Crippen LogP contribution in [0.25, 0.3) is 23.0 Å². The molecule has 0 fully saturated rings. The predicted molar refractivity (Wildman–Crippen MR) is 132 cm³/mol. The summed E-state index contributed by atoms with van der Waals surface area (Å²) in [6.07, 6.45) is 4.29. The lowest BCUT2D eigenvalue weighted by Crippen LogP contribution is -2.36. The van der Waals surface area contributed by atoms with E-state index in [1.54, 1.807) is 0 Å². The zero-order chi connectivity index (χ0) is 24.5. The van der Waals surface area contributed by atoms with E-state index in [2.05, 4.69) is 75.8 Å². The summed E-state index contributed by atoms with van der Waals surface area (Å²) in [6.45, 7) is 17.8. The molecule has 0 saturated heterocycles. The molecule has 5 rings (SSSR count). The number of rotatable bonds is 2. The average Bonchev–Trinajstić information content (AvgIpc) is 2.80. The Morgan fingerprint density at radius 1 is 0.471 bits per heavy atom. The van der Waals surface area contributed by atoms with Crippen molar-refractivity contribution in [3.8, 4) is 23.0 Å². The largest absolute Gasteiger partial charge is 0.241 e. The highest BCUT2D eigenvalue weighted by Gasteiger charge is 2.41. The fraction of sp³-hybridized carbons (Fsp3) is 0.593. The van der Waals surface area contributed by atoms with E-state index >= 15 is 0 Å². The van der Waals surface area contributed by atoms with Gasteiger partial charge in [-0.3, -0.25) is 0 Å². The number of hydrogen-bond donors (Lipinski definition) is 0. The molecule has 0 radical (unpaired) electrons. The second kappa shape index (κ2) is 7.33. The standard InChI is InChI=1S/C27H35N7/c1-24(2)12-14-26(5,6)20-18(24)29-22(33-31-20)16-10-9-11-17(28-16)23-30-19-21(32-34-23)27(7,8)15-13-25(19,3)4/h9-11H,12-15H2,1-8H3. The molecule has 34 heavy (non-hydrogen) atoms. The minimum atomic E-state index is -0.0446. The summed E-state index contributed by atoms with van der Waals surface area (Å²) >= 11 is 0. The molecule has 7 heteroatoms. The van der Waals surface area contributed by atoms with Gasteiger partial charge in [-0.1, -0.05) is 61.5 Å². The van der Waals surface area contributed by atoms with Crippen molar-refractivity contribution in [2.75, 3.05) is 0 Å². The van der Waals surface area contributed by atoms with Crippen molar-refractivity contribution >= 4 is 0 Å². The van der Waals surface area contributed by atoms with Crippen LogP contribution in [-0.4, -0.2) is 35.3 Å². The zero-order valence-corrected chi connectivity index (χ0v) is 21.7. The predicted octanol–water partition coefficient (Wildman–Crippen LogP) is 5.48. The van der Waals surface area contributed by atoms with E-state index in [0.29, 0.717) is 23.0 Å². The van der Waals surface area contributed by atoms with Gasteiger partial charge in [0.15, 0.2) is 0 Å². The van der Waals surface area contributed by atoms with Gasteiger partial charge in [0, 0.05) is 21.7 Å². The quantitative estimate of drug-likeness (QED) is 0.503. The van der Waals surface area contributed by atoms with Gasteiger partial charge in [-0.15, -0.1) is 10.2 Å². The van der Waals surface area contributed by atoms with E-state index < -0.39 is 0 Å². The third kappa shape index (κ3) is 3.69. The Morgan fingerprint density at radius 2 is 0.824 bits per heavy atom. The van der Waals surface area contributed by atoms with Crippen molar-refractivity contribution in [2.45, 2.75) is 103 Å². The van der Waals surface area contributed by atoms with Crippen molar-refractivity contribution in [1.82, 2.24) is 35.3 Å². The summed E-state index contributed by atoms with van der Waals surface area (Å²) in [4.78, 5) is 14.8. The molecule has 0 unspecified atom stereocenters. The molecule has 0 bridgehead atoms. The maximum atomic E-state index is 4.99. The molecule has 7 nitrogen and oxygen atoms in total. The number of pyridine rings is 1. The van der Waals surface area contributed by atoms with Crippen LogP contribution < -0.4 is 0 Å². The summed E-state index contributed by atoms with van der Waals surface area (Å²) in [5, 5.41) is 18.3. The highest BCUT2D eigenvalue weighted by molar-refractivity contribution is 5.57. The van der Waals surface area contributed by atoms with Gasteiger partial charge in [-0.05, 0) is 37.8 Å². The number of hydrogen-bond acceptors (Lipinski definition) is 7. The maximum absolute atomic E-state index is 4.99. The Hall–Kier alpha value is -2.83. The van der Waals surface area contributed by atoms with E-state index in [-0.39, 0.29) is 21.7 Å². The summed E-state index contributed by atoms with van der Waals surface area (Å²) in [6, 6.07) is 5.80. The van der Waals surface area contributed by atoms with Crippen LogP contribution in [0, 0.1) is 0 Å². The molecular formula is C27H35N7. The Balaban J connectivity index is 1.58. The first-order valence-electron chi connectivity index (χ1n) is 12.3. The van der Waals surface area contributed by atoms with E-state index in [9.17, 15) is 0 Å². The Morgan fingerprint density at radius 3 is 1.21 bits per heavy atom. The number of nitrogens with zero attached hydrogens (tertiary/aromatic N) is 7. The topological polar surface area (TPSA) is 90.2 Å². The van der Waals surface area contributed by atoms with E-state index in [1.165, 1.54) is 0 Å². The zero-order valence-electron chi connectivity index (χ0n) is 21.7.